The fourth-order valence-electron chi connectivity index (χ4n) is 2.74. The first-order valence-electron chi connectivity index (χ1n) is 8.11. The molecule has 3 rings (SSSR count). The van der Waals surface area contributed by atoms with E-state index in [1.807, 2.05) is 0 Å². The molecule has 0 saturated carbocycles. The molecule has 6 heteroatoms. The van der Waals surface area contributed by atoms with Crippen molar-refractivity contribution in [3.63, 3.8) is 0 Å². The van der Waals surface area contributed by atoms with E-state index in [1.165, 1.54) is 12.1 Å². The average molecular weight is 329 g/mol. The van der Waals surface area contributed by atoms with Gasteiger partial charge < -0.3 is 10.1 Å². The molecule has 24 heavy (non-hydrogen) atoms. The number of carbonyl (C=O) groups excluding carboxylic acids is 1. The van der Waals surface area contributed by atoms with Gasteiger partial charge in [-0.2, -0.15) is 0 Å². The molecule has 0 aliphatic carbocycles. The third-order valence-electron chi connectivity index (χ3n) is 3.98. The zero-order valence-electron chi connectivity index (χ0n) is 13.4. The monoisotopic (exact) mass is 329 g/mol. The molecule has 0 bridgehead atoms. The second kappa shape index (κ2) is 7.97. The van der Waals surface area contributed by atoms with E-state index in [1.54, 1.807) is 24.4 Å². The quantitative estimate of drug-likeness (QED) is 0.915. The number of hydrogen-bond acceptors (Lipinski definition) is 4. The van der Waals surface area contributed by atoms with Crippen molar-refractivity contribution in [3.8, 4) is 0 Å². The Hall–Kier alpha value is -2.34. The predicted molar refractivity (Wildman–Crippen MR) is 86.8 cm³/mol. The van der Waals surface area contributed by atoms with Gasteiger partial charge in [-0.1, -0.05) is 12.1 Å². The Morgan fingerprint density at radius 3 is 3.08 bits per heavy atom. The van der Waals surface area contributed by atoms with Crippen molar-refractivity contribution >= 4 is 5.91 Å². The second-order valence-corrected chi connectivity index (χ2v) is 5.90. The summed E-state index contributed by atoms with van der Waals surface area (Å²) < 4.78 is 18.6. The Kier molecular flexibility index (Phi) is 5.48. The second-order valence-electron chi connectivity index (χ2n) is 5.90. The van der Waals surface area contributed by atoms with E-state index in [2.05, 4.69) is 15.3 Å². The van der Waals surface area contributed by atoms with Gasteiger partial charge >= 0.3 is 0 Å². The number of hydrogen-bond donors (Lipinski definition) is 1. The highest BCUT2D eigenvalue weighted by atomic mass is 19.1. The summed E-state index contributed by atoms with van der Waals surface area (Å²) in [7, 11) is 0. The molecule has 1 fully saturated rings. The third kappa shape index (κ3) is 4.58. The maximum atomic E-state index is 13.1. The number of aromatic nitrogens is 2. The van der Waals surface area contributed by atoms with E-state index in [0.717, 1.165) is 31.0 Å². The summed E-state index contributed by atoms with van der Waals surface area (Å²) in [6.07, 6.45) is 3.90. The molecule has 2 aromatic rings. The van der Waals surface area contributed by atoms with Gasteiger partial charge in [0.1, 0.15) is 11.6 Å². The molecular weight excluding hydrogens is 309 g/mol. The standard InChI is InChI=1S/C18H20FN3O2/c19-15-5-1-3-13(9-15)10-17(23)21-11-16-6-7-20-18(22-16)14-4-2-8-24-12-14/h1,3,5-7,9,14H,2,4,8,10-12H2,(H,21,23). The normalized spacial score (nSPS) is 17.5. The maximum absolute atomic E-state index is 13.1. The molecule has 1 amide bonds. The van der Waals surface area contributed by atoms with Crippen molar-refractivity contribution in [2.24, 2.45) is 0 Å². The van der Waals surface area contributed by atoms with E-state index in [9.17, 15) is 9.18 Å². The zero-order valence-corrected chi connectivity index (χ0v) is 13.4. The lowest BCUT2D eigenvalue weighted by molar-refractivity contribution is -0.120. The van der Waals surface area contributed by atoms with Gasteiger partial charge in [0.15, 0.2) is 0 Å². The molecule has 1 atom stereocenters. The summed E-state index contributed by atoms with van der Waals surface area (Å²) in [5, 5.41) is 2.81. The van der Waals surface area contributed by atoms with Gasteiger partial charge in [-0.15, -0.1) is 0 Å². The van der Waals surface area contributed by atoms with Gasteiger partial charge in [-0.3, -0.25) is 4.79 Å². The number of halogens is 1. The minimum Gasteiger partial charge on any atom is -0.381 e. The summed E-state index contributed by atoms with van der Waals surface area (Å²) in [6.45, 7) is 1.78. The molecule has 2 heterocycles. The Bertz CT molecular complexity index is 702. The summed E-state index contributed by atoms with van der Waals surface area (Å²) in [5.41, 5.74) is 1.41. The smallest absolute Gasteiger partial charge is 0.224 e. The predicted octanol–water partition coefficient (Wildman–Crippen LogP) is 2.37. The fraction of sp³-hybridized carbons (Fsp3) is 0.389. The van der Waals surface area contributed by atoms with E-state index in [4.69, 9.17) is 4.74 Å². The molecule has 1 aromatic carbocycles. The van der Waals surface area contributed by atoms with Crippen LogP contribution in [0.2, 0.25) is 0 Å². The number of ether oxygens (including phenoxy) is 1. The molecule has 126 valence electrons. The minimum absolute atomic E-state index is 0.145. The van der Waals surface area contributed by atoms with E-state index in [0.29, 0.717) is 18.7 Å². The van der Waals surface area contributed by atoms with Crippen LogP contribution in [0.1, 0.15) is 35.8 Å². The molecule has 1 unspecified atom stereocenters. The van der Waals surface area contributed by atoms with E-state index >= 15 is 0 Å². The van der Waals surface area contributed by atoms with Crippen LogP contribution in [0.4, 0.5) is 4.39 Å². The van der Waals surface area contributed by atoms with Crippen LogP contribution in [0, 0.1) is 5.82 Å². The topological polar surface area (TPSA) is 64.1 Å². The SMILES string of the molecule is O=C(Cc1cccc(F)c1)NCc1ccnc(C2CCCOC2)n1. The van der Waals surface area contributed by atoms with Crippen molar-refractivity contribution in [2.45, 2.75) is 31.7 Å². The first-order valence-corrected chi connectivity index (χ1v) is 8.11. The zero-order chi connectivity index (χ0) is 16.8. The molecule has 1 aromatic heterocycles. The van der Waals surface area contributed by atoms with Crippen molar-refractivity contribution in [2.75, 3.05) is 13.2 Å². The van der Waals surface area contributed by atoms with Gasteiger partial charge in [0.2, 0.25) is 5.91 Å². The van der Waals surface area contributed by atoms with Crippen LogP contribution < -0.4 is 5.32 Å². The molecule has 1 aliphatic rings. The van der Waals surface area contributed by atoms with Crippen LogP contribution in [-0.4, -0.2) is 29.1 Å². The van der Waals surface area contributed by atoms with Crippen molar-refractivity contribution in [1.29, 1.82) is 0 Å². The molecule has 1 saturated heterocycles. The van der Waals surface area contributed by atoms with Crippen molar-refractivity contribution in [3.05, 3.63) is 59.4 Å². The summed E-state index contributed by atoms with van der Waals surface area (Å²) in [4.78, 5) is 20.8. The molecular formula is C18H20FN3O2. The van der Waals surface area contributed by atoms with Crippen LogP contribution in [0.15, 0.2) is 36.5 Å². The highest BCUT2D eigenvalue weighted by Crippen LogP contribution is 2.22. The molecule has 0 spiro atoms. The van der Waals surface area contributed by atoms with Crippen LogP contribution in [0.25, 0.3) is 0 Å². The molecule has 1 aliphatic heterocycles. The highest BCUT2D eigenvalue weighted by Gasteiger charge is 2.18. The molecule has 1 N–H and O–H groups in total. The van der Waals surface area contributed by atoms with Gasteiger partial charge in [0, 0.05) is 18.7 Å². The molecule has 5 nitrogen and oxygen atoms in total. The number of carbonyl (C=O) groups is 1. The van der Waals surface area contributed by atoms with E-state index < -0.39 is 0 Å². The van der Waals surface area contributed by atoms with Crippen LogP contribution in [0.5, 0.6) is 0 Å². The highest BCUT2D eigenvalue weighted by molar-refractivity contribution is 5.78. The number of amides is 1. The van der Waals surface area contributed by atoms with Crippen LogP contribution in [-0.2, 0) is 22.5 Å². The lowest BCUT2D eigenvalue weighted by Crippen LogP contribution is -2.25. The molecule has 0 radical (unpaired) electrons. The lowest BCUT2D eigenvalue weighted by atomic mass is 10.0. The Labute approximate surface area is 140 Å². The lowest BCUT2D eigenvalue weighted by Gasteiger charge is -2.20. The number of benzene rings is 1. The van der Waals surface area contributed by atoms with Crippen LogP contribution >= 0.6 is 0 Å². The van der Waals surface area contributed by atoms with Crippen LogP contribution in [0.3, 0.4) is 0 Å². The first-order chi connectivity index (χ1) is 11.7. The third-order valence-corrected chi connectivity index (χ3v) is 3.98. The van der Waals surface area contributed by atoms with Gasteiger partial charge in [0.05, 0.1) is 25.3 Å². The van der Waals surface area contributed by atoms with Gasteiger partial charge in [0.25, 0.3) is 0 Å². The maximum Gasteiger partial charge on any atom is 0.224 e. The Balaban J connectivity index is 1.55. The average Bonchev–Trinajstić information content (AvgIpc) is 2.61. The van der Waals surface area contributed by atoms with Gasteiger partial charge in [-0.25, -0.2) is 14.4 Å². The Morgan fingerprint density at radius 2 is 2.29 bits per heavy atom. The largest absolute Gasteiger partial charge is 0.381 e. The van der Waals surface area contributed by atoms with Crippen molar-refractivity contribution in [1.82, 2.24) is 15.3 Å². The Morgan fingerprint density at radius 1 is 1.38 bits per heavy atom. The number of nitrogens with zero attached hydrogens (tertiary/aromatic N) is 2. The number of rotatable bonds is 5. The van der Waals surface area contributed by atoms with E-state index in [-0.39, 0.29) is 24.1 Å². The van der Waals surface area contributed by atoms with Crippen molar-refractivity contribution < 1.29 is 13.9 Å². The van der Waals surface area contributed by atoms with Gasteiger partial charge in [-0.05, 0) is 36.6 Å². The minimum atomic E-state index is -0.338. The first kappa shape index (κ1) is 16.5. The summed E-state index contributed by atoms with van der Waals surface area (Å²) in [6, 6.07) is 7.84. The summed E-state index contributed by atoms with van der Waals surface area (Å²) in [5.74, 6) is 0.491. The summed E-state index contributed by atoms with van der Waals surface area (Å²) >= 11 is 0. The fourth-order valence-corrected chi connectivity index (χ4v) is 2.74. The number of nitrogens with one attached hydrogen (secondary N) is 1.